The van der Waals surface area contributed by atoms with Crippen molar-refractivity contribution in [3.8, 4) is 0 Å². The van der Waals surface area contributed by atoms with Crippen LogP contribution in [0.4, 0.5) is 0 Å². The molecule has 0 aliphatic carbocycles. The number of nitrogens with zero attached hydrogens (tertiary/aromatic N) is 1. The molecular weight excluding hydrogens is 258 g/mol. The third-order valence-electron chi connectivity index (χ3n) is 2.68. The highest BCUT2D eigenvalue weighted by Crippen LogP contribution is 2.16. The Morgan fingerprint density at radius 3 is 2.68 bits per heavy atom. The molecule has 108 valence electrons. The van der Waals surface area contributed by atoms with Gasteiger partial charge in [0.25, 0.3) is 0 Å². The Labute approximate surface area is 120 Å². The van der Waals surface area contributed by atoms with Gasteiger partial charge in [-0.2, -0.15) is 0 Å². The molecule has 0 saturated heterocycles. The molecule has 1 rings (SSSR count). The van der Waals surface area contributed by atoms with Crippen molar-refractivity contribution in [2.24, 2.45) is 4.99 Å². The summed E-state index contributed by atoms with van der Waals surface area (Å²) in [4.78, 5) is 6.98. The number of thiophene rings is 1. The van der Waals surface area contributed by atoms with Crippen LogP contribution in [0.3, 0.4) is 0 Å². The number of aliphatic imine (C=N–C) groups is 1. The Bertz CT molecular complexity index is 377. The van der Waals surface area contributed by atoms with E-state index in [1.165, 1.54) is 9.75 Å². The minimum absolute atomic E-state index is 0.783. The van der Waals surface area contributed by atoms with Gasteiger partial charge < -0.3 is 15.4 Å². The smallest absolute Gasteiger partial charge is 0.191 e. The zero-order valence-corrected chi connectivity index (χ0v) is 13.0. The summed E-state index contributed by atoms with van der Waals surface area (Å²) >= 11 is 1.86. The predicted octanol–water partition coefficient (Wildman–Crippen LogP) is 2.40. The third kappa shape index (κ3) is 6.59. The number of rotatable bonds is 8. The molecule has 4 nitrogen and oxygen atoms in total. The molecule has 1 aromatic rings. The Morgan fingerprint density at radius 1 is 1.26 bits per heavy atom. The van der Waals surface area contributed by atoms with E-state index in [2.05, 4.69) is 34.7 Å². The molecule has 0 bridgehead atoms. The number of hydrogen-bond donors (Lipinski definition) is 2. The zero-order valence-electron chi connectivity index (χ0n) is 12.2. The first kappa shape index (κ1) is 16.0. The number of aryl methyl sites for hydroxylation is 1. The minimum Gasteiger partial charge on any atom is -0.382 e. The van der Waals surface area contributed by atoms with Crippen molar-refractivity contribution in [3.63, 3.8) is 0 Å². The predicted molar refractivity (Wildman–Crippen MR) is 83.0 cm³/mol. The van der Waals surface area contributed by atoms with Crippen LogP contribution in [0, 0.1) is 0 Å². The fourth-order valence-electron chi connectivity index (χ4n) is 1.62. The largest absolute Gasteiger partial charge is 0.382 e. The van der Waals surface area contributed by atoms with Crippen LogP contribution in [0.2, 0.25) is 0 Å². The SMILES string of the molecule is CCOCCCNC(=NC)NCc1ccc(CC)s1. The van der Waals surface area contributed by atoms with E-state index in [9.17, 15) is 0 Å². The Kier molecular flexibility index (Phi) is 8.25. The molecule has 0 spiro atoms. The molecule has 0 aliphatic heterocycles. The summed E-state index contributed by atoms with van der Waals surface area (Å²) in [5.74, 6) is 0.850. The van der Waals surface area contributed by atoms with E-state index in [0.29, 0.717) is 0 Å². The molecule has 1 aromatic heterocycles. The number of guanidine groups is 1. The fraction of sp³-hybridized carbons (Fsp3) is 0.643. The van der Waals surface area contributed by atoms with Crippen LogP contribution in [0.1, 0.15) is 30.0 Å². The van der Waals surface area contributed by atoms with Crippen molar-refractivity contribution >= 4 is 17.3 Å². The molecule has 0 radical (unpaired) electrons. The van der Waals surface area contributed by atoms with Gasteiger partial charge in [-0.3, -0.25) is 4.99 Å². The molecule has 19 heavy (non-hydrogen) atoms. The lowest BCUT2D eigenvalue weighted by Crippen LogP contribution is -2.37. The van der Waals surface area contributed by atoms with Gasteiger partial charge in [0.15, 0.2) is 5.96 Å². The number of ether oxygens (including phenoxy) is 1. The molecule has 0 atom stereocenters. The molecule has 0 aromatic carbocycles. The molecule has 2 N–H and O–H groups in total. The van der Waals surface area contributed by atoms with Gasteiger partial charge in [-0.15, -0.1) is 11.3 Å². The van der Waals surface area contributed by atoms with E-state index in [0.717, 1.165) is 45.1 Å². The van der Waals surface area contributed by atoms with Gasteiger partial charge in [-0.05, 0) is 31.9 Å². The lowest BCUT2D eigenvalue weighted by atomic mass is 10.3. The number of nitrogens with one attached hydrogen (secondary N) is 2. The van der Waals surface area contributed by atoms with Crippen LogP contribution in [-0.4, -0.2) is 32.8 Å². The molecule has 0 aliphatic rings. The van der Waals surface area contributed by atoms with Gasteiger partial charge in [0.1, 0.15) is 0 Å². The average Bonchev–Trinajstić information content (AvgIpc) is 2.90. The van der Waals surface area contributed by atoms with Crippen LogP contribution in [0.25, 0.3) is 0 Å². The van der Waals surface area contributed by atoms with Gasteiger partial charge in [-0.1, -0.05) is 6.92 Å². The van der Waals surface area contributed by atoms with E-state index in [-0.39, 0.29) is 0 Å². The van der Waals surface area contributed by atoms with E-state index in [1.54, 1.807) is 7.05 Å². The summed E-state index contributed by atoms with van der Waals surface area (Å²) in [5.41, 5.74) is 0. The van der Waals surface area contributed by atoms with Crippen molar-refractivity contribution in [2.45, 2.75) is 33.2 Å². The van der Waals surface area contributed by atoms with Crippen molar-refractivity contribution in [3.05, 3.63) is 21.9 Å². The topological polar surface area (TPSA) is 45.6 Å². The van der Waals surface area contributed by atoms with Crippen molar-refractivity contribution in [2.75, 3.05) is 26.8 Å². The van der Waals surface area contributed by atoms with Gasteiger partial charge in [0.05, 0.1) is 6.54 Å². The highest BCUT2D eigenvalue weighted by Gasteiger charge is 2.00. The second kappa shape index (κ2) is 9.81. The maximum Gasteiger partial charge on any atom is 0.191 e. The Morgan fingerprint density at radius 2 is 2.05 bits per heavy atom. The molecule has 1 heterocycles. The number of hydrogen-bond acceptors (Lipinski definition) is 3. The van der Waals surface area contributed by atoms with Crippen LogP contribution >= 0.6 is 11.3 Å². The second-order valence-electron chi connectivity index (χ2n) is 4.12. The van der Waals surface area contributed by atoms with E-state index >= 15 is 0 Å². The van der Waals surface area contributed by atoms with E-state index in [1.807, 2.05) is 18.3 Å². The molecule has 0 saturated carbocycles. The highest BCUT2D eigenvalue weighted by atomic mass is 32.1. The molecule has 0 amide bonds. The van der Waals surface area contributed by atoms with Crippen LogP contribution in [-0.2, 0) is 17.7 Å². The van der Waals surface area contributed by atoms with Crippen LogP contribution in [0.5, 0.6) is 0 Å². The first-order valence-corrected chi connectivity index (χ1v) is 7.71. The van der Waals surface area contributed by atoms with E-state index in [4.69, 9.17) is 4.74 Å². The van der Waals surface area contributed by atoms with Crippen LogP contribution < -0.4 is 10.6 Å². The molecular formula is C14H25N3OS. The van der Waals surface area contributed by atoms with Crippen LogP contribution in [0.15, 0.2) is 17.1 Å². The average molecular weight is 283 g/mol. The molecule has 0 unspecified atom stereocenters. The minimum atomic E-state index is 0.783. The normalized spacial score (nSPS) is 11.6. The van der Waals surface area contributed by atoms with Crippen molar-refractivity contribution in [1.29, 1.82) is 0 Å². The third-order valence-corrected chi connectivity index (χ3v) is 3.91. The summed E-state index contributed by atoms with van der Waals surface area (Å²) in [6.45, 7) is 7.48. The first-order chi connectivity index (χ1) is 9.30. The lowest BCUT2D eigenvalue weighted by molar-refractivity contribution is 0.145. The zero-order chi connectivity index (χ0) is 13.9. The first-order valence-electron chi connectivity index (χ1n) is 6.90. The van der Waals surface area contributed by atoms with Crippen molar-refractivity contribution < 1.29 is 4.74 Å². The van der Waals surface area contributed by atoms with Gasteiger partial charge in [-0.25, -0.2) is 0 Å². The summed E-state index contributed by atoms with van der Waals surface area (Å²) in [7, 11) is 1.80. The maximum atomic E-state index is 5.29. The van der Waals surface area contributed by atoms with Gasteiger partial charge in [0, 0.05) is 36.6 Å². The summed E-state index contributed by atoms with van der Waals surface area (Å²) in [6.07, 6.45) is 2.10. The summed E-state index contributed by atoms with van der Waals surface area (Å²) < 4.78 is 5.29. The second-order valence-corrected chi connectivity index (χ2v) is 5.38. The Balaban J connectivity index is 2.21. The summed E-state index contributed by atoms with van der Waals surface area (Å²) in [5, 5.41) is 6.61. The molecule has 5 heteroatoms. The van der Waals surface area contributed by atoms with Gasteiger partial charge in [0.2, 0.25) is 0 Å². The summed E-state index contributed by atoms with van der Waals surface area (Å²) in [6, 6.07) is 4.37. The highest BCUT2D eigenvalue weighted by molar-refractivity contribution is 7.11. The van der Waals surface area contributed by atoms with Crippen molar-refractivity contribution in [1.82, 2.24) is 10.6 Å². The fourth-order valence-corrected chi connectivity index (χ4v) is 2.52. The quantitative estimate of drug-likeness (QED) is 0.437. The monoisotopic (exact) mass is 283 g/mol. The standard InChI is InChI=1S/C14H25N3OS/c1-4-12-7-8-13(19-12)11-17-14(15-3)16-9-6-10-18-5-2/h7-8H,4-6,9-11H2,1-3H3,(H2,15,16,17). The Hall–Kier alpha value is -1.07. The van der Waals surface area contributed by atoms with Gasteiger partial charge >= 0.3 is 0 Å². The maximum absolute atomic E-state index is 5.29. The van der Waals surface area contributed by atoms with E-state index < -0.39 is 0 Å². The lowest BCUT2D eigenvalue weighted by Gasteiger charge is -2.11. The molecule has 0 fully saturated rings.